The average molecular weight is 323 g/mol. The molecule has 2 N–H and O–H groups in total. The molecule has 4 heteroatoms. The van der Waals surface area contributed by atoms with Crippen molar-refractivity contribution in [3.05, 3.63) is 72.0 Å². The second-order valence-electron chi connectivity index (χ2n) is 5.81. The highest BCUT2D eigenvalue weighted by atomic mass is 16.3. The number of carbonyl (C=O) groups is 1. The fourth-order valence-electron chi connectivity index (χ4n) is 2.90. The van der Waals surface area contributed by atoms with E-state index in [2.05, 4.69) is 17.4 Å². The number of aliphatic hydroxyl groups is 1. The molecule has 0 aliphatic heterocycles. The molecular weight excluding hydrogens is 302 g/mol. The summed E-state index contributed by atoms with van der Waals surface area (Å²) in [5.74, 6) is 0.351. The Labute approximate surface area is 141 Å². The smallest absolute Gasteiger partial charge is 0.287 e. The van der Waals surface area contributed by atoms with Crippen LogP contribution in [-0.2, 0) is 0 Å². The zero-order valence-electron chi connectivity index (χ0n) is 13.4. The molecule has 0 saturated heterocycles. The Balaban J connectivity index is 1.59. The van der Waals surface area contributed by atoms with Crippen LogP contribution in [0.15, 0.2) is 65.1 Å². The van der Waals surface area contributed by atoms with Crippen LogP contribution in [0, 0.1) is 0 Å². The molecule has 0 bridgehead atoms. The molecule has 0 saturated carbocycles. The molecule has 24 heavy (non-hydrogen) atoms. The molecule has 2 aromatic carbocycles. The number of para-hydroxylation sites is 1. The van der Waals surface area contributed by atoms with E-state index in [-0.39, 0.29) is 18.4 Å². The van der Waals surface area contributed by atoms with Gasteiger partial charge in [-0.05, 0) is 36.5 Å². The third kappa shape index (κ3) is 3.84. The number of hydrogen-bond donors (Lipinski definition) is 2. The third-order valence-corrected chi connectivity index (χ3v) is 4.18. The molecule has 3 rings (SSSR count). The number of carbonyl (C=O) groups excluding carboxylic acids is 1. The van der Waals surface area contributed by atoms with Crippen molar-refractivity contribution < 1.29 is 14.3 Å². The molecule has 1 atom stereocenters. The fraction of sp³-hybridized carbons (Fsp3) is 0.250. The lowest BCUT2D eigenvalue weighted by molar-refractivity contribution is 0.0926. The maximum Gasteiger partial charge on any atom is 0.287 e. The van der Waals surface area contributed by atoms with Crippen LogP contribution in [0.4, 0.5) is 0 Å². The second kappa shape index (κ2) is 7.79. The molecular formula is C20H21NO3. The van der Waals surface area contributed by atoms with E-state index in [9.17, 15) is 9.90 Å². The Bertz CT molecular complexity index is 762. The van der Waals surface area contributed by atoms with Gasteiger partial charge >= 0.3 is 0 Å². The van der Waals surface area contributed by atoms with E-state index in [0.29, 0.717) is 24.3 Å². The average Bonchev–Trinajstić information content (AvgIpc) is 3.06. The molecule has 0 fully saturated rings. The Kier molecular flexibility index (Phi) is 5.29. The predicted molar refractivity (Wildman–Crippen MR) is 94.1 cm³/mol. The Morgan fingerprint density at radius 3 is 2.54 bits per heavy atom. The van der Waals surface area contributed by atoms with E-state index in [1.165, 1.54) is 5.56 Å². The Hall–Kier alpha value is -2.59. The minimum atomic E-state index is -0.206. The summed E-state index contributed by atoms with van der Waals surface area (Å²) in [6.45, 7) is 0.673. The number of fused-ring (bicyclic) bond motifs is 1. The zero-order chi connectivity index (χ0) is 16.8. The first-order chi connectivity index (χ1) is 11.8. The van der Waals surface area contributed by atoms with Gasteiger partial charge in [-0.15, -0.1) is 0 Å². The van der Waals surface area contributed by atoms with Gasteiger partial charge in [0.2, 0.25) is 0 Å². The number of amides is 1. The summed E-state index contributed by atoms with van der Waals surface area (Å²) in [4.78, 5) is 12.2. The Morgan fingerprint density at radius 1 is 1.04 bits per heavy atom. The van der Waals surface area contributed by atoms with Gasteiger partial charge in [0.1, 0.15) is 5.58 Å². The van der Waals surface area contributed by atoms with Crippen LogP contribution in [0.2, 0.25) is 0 Å². The van der Waals surface area contributed by atoms with Crippen LogP contribution in [0.5, 0.6) is 0 Å². The van der Waals surface area contributed by atoms with E-state index in [4.69, 9.17) is 4.42 Å². The first-order valence-electron chi connectivity index (χ1n) is 8.20. The summed E-state index contributed by atoms with van der Waals surface area (Å²) in [6, 6.07) is 19.4. The highest BCUT2D eigenvalue weighted by molar-refractivity contribution is 5.96. The normalized spacial score (nSPS) is 12.2. The molecule has 0 unspecified atom stereocenters. The maximum atomic E-state index is 12.2. The molecule has 1 aromatic heterocycles. The topological polar surface area (TPSA) is 62.5 Å². The maximum absolute atomic E-state index is 12.2. The minimum Gasteiger partial charge on any atom is -0.451 e. The lowest BCUT2D eigenvalue weighted by Gasteiger charge is -2.16. The first-order valence-corrected chi connectivity index (χ1v) is 8.20. The predicted octanol–water partition coefficient (Wildman–Crippen LogP) is 3.72. The summed E-state index contributed by atoms with van der Waals surface area (Å²) in [7, 11) is 0. The van der Waals surface area contributed by atoms with Gasteiger partial charge in [0.25, 0.3) is 5.91 Å². The third-order valence-electron chi connectivity index (χ3n) is 4.18. The second-order valence-corrected chi connectivity index (χ2v) is 5.81. The van der Waals surface area contributed by atoms with Gasteiger partial charge in [0.15, 0.2) is 5.76 Å². The van der Waals surface area contributed by atoms with Crippen molar-refractivity contribution in [1.29, 1.82) is 0 Å². The summed E-state index contributed by atoms with van der Waals surface area (Å²) >= 11 is 0. The van der Waals surface area contributed by atoms with Gasteiger partial charge in [-0.1, -0.05) is 48.5 Å². The van der Waals surface area contributed by atoms with Gasteiger partial charge in [0.05, 0.1) is 0 Å². The van der Waals surface area contributed by atoms with E-state index < -0.39 is 0 Å². The summed E-state index contributed by atoms with van der Waals surface area (Å²) in [6.07, 6.45) is 1.46. The molecule has 0 aliphatic carbocycles. The van der Waals surface area contributed by atoms with Crippen LogP contribution in [0.3, 0.4) is 0 Å². The summed E-state index contributed by atoms with van der Waals surface area (Å²) < 4.78 is 5.57. The lowest BCUT2D eigenvalue weighted by atomic mass is 9.93. The van der Waals surface area contributed by atoms with Crippen molar-refractivity contribution in [2.75, 3.05) is 13.2 Å². The number of aliphatic hydroxyl groups excluding tert-OH is 1. The van der Waals surface area contributed by atoms with Gasteiger partial charge in [-0.25, -0.2) is 0 Å². The first kappa shape index (κ1) is 16.3. The molecule has 4 nitrogen and oxygen atoms in total. The van der Waals surface area contributed by atoms with E-state index >= 15 is 0 Å². The van der Waals surface area contributed by atoms with Crippen LogP contribution in [0.25, 0.3) is 11.0 Å². The standard InChI is InChI=1S/C20H21NO3/c22-13-11-16(15-6-2-1-3-7-15)10-12-21-20(23)19-14-17-8-4-5-9-18(17)24-19/h1-9,14,16,22H,10-13H2,(H,21,23)/t16-/m0/s1. The van der Waals surface area contributed by atoms with Gasteiger partial charge < -0.3 is 14.8 Å². The number of rotatable bonds is 7. The lowest BCUT2D eigenvalue weighted by Crippen LogP contribution is -2.25. The highest BCUT2D eigenvalue weighted by Crippen LogP contribution is 2.23. The molecule has 0 radical (unpaired) electrons. The fourth-order valence-corrected chi connectivity index (χ4v) is 2.90. The SMILES string of the molecule is O=C(NCC[C@@H](CCO)c1ccccc1)c1cc2ccccc2o1. The number of hydrogen-bond acceptors (Lipinski definition) is 3. The van der Waals surface area contributed by atoms with Crippen molar-refractivity contribution in [3.8, 4) is 0 Å². The monoisotopic (exact) mass is 323 g/mol. The van der Waals surface area contributed by atoms with E-state index in [1.54, 1.807) is 6.07 Å². The minimum absolute atomic E-state index is 0.136. The van der Waals surface area contributed by atoms with Gasteiger partial charge in [-0.2, -0.15) is 0 Å². The Morgan fingerprint density at radius 2 is 1.79 bits per heavy atom. The van der Waals surface area contributed by atoms with Crippen molar-refractivity contribution in [2.45, 2.75) is 18.8 Å². The van der Waals surface area contributed by atoms with Gasteiger partial charge in [0, 0.05) is 18.5 Å². The molecule has 0 spiro atoms. The largest absolute Gasteiger partial charge is 0.451 e. The summed E-state index contributed by atoms with van der Waals surface area (Å²) in [5.41, 5.74) is 1.90. The van der Waals surface area contributed by atoms with E-state index in [0.717, 1.165) is 11.8 Å². The molecule has 3 aromatic rings. The molecule has 0 aliphatic rings. The van der Waals surface area contributed by atoms with E-state index in [1.807, 2.05) is 42.5 Å². The van der Waals surface area contributed by atoms with Crippen molar-refractivity contribution in [3.63, 3.8) is 0 Å². The number of furan rings is 1. The number of benzene rings is 2. The highest BCUT2D eigenvalue weighted by Gasteiger charge is 2.14. The van der Waals surface area contributed by atoms with Crippen molar-refractivity contribution >= 4 is 16.9 Å². The molecule has 124 valence electrons. The molecule has 1 heterocycles. The van der Waals surface area contributed by atoms with Gasteiger partial charge in [-0.3, -0.25) is 4.79 Å². The van der Waals surface area contributed by atoms with Crippen molar-refractivity contribution in [2.24, 2.45) is 0 Å². The molecule has 1 amide bonds. The van der Waals surface area contributed by atoms with Crippen LogP contribution in [0.1, 0.15) is 34.9 Å². The number of nitrogens with one attached hydrogen (secondary N) is 1. The quantitative estimate of drug-likeness (QED) is 0.696. The van der Waals surface area contributed by atoms with Crippen LogP contribution < -0.4 is 5.32 Å². The van der Waals surface area contributed by atoms with Crippen LogP contribution >= 0.6 is 0 Å². The van der Waals surface area contributed by atoms with Crippen molar-refractivity contribution in [1.82, 2.24) is 5.32 Å². The summed E-state index contributed by atoms with van der Waals surface area (Å²) in [5, 5.41) is 13.1. The van der Waals surface area contributed by atoms with Crippen LogP contribution in [-0.4, -0.2) is 24.2 Å². The zero-order valence-corrected chi connectivity index (χ0v) is 13.4.